The SMILES string of the molecule is COC(=O)N1CCC(CNc2nc3c(s2)CCCc2ccc(F)cc2-3)CC1. The first-order valence-corrected chi connectivity index (χ1v) is 10.3. The Morgan fingerprint density at radius 1 is 1.37 bits per heavy atom. The maximum atomic E-state index is 13.8. The first-order valence-electron chi connectivity index (χ1n) is 9.49. The number of anilines is 1. The van der Waals surface area contributed by atoms with Gasteiger partial charge >= 0.3 is 6.09 Å². The number of carbonyl (C=O) groups is 1. The Labute approximate surface area is 162 Å². The van der Waals surface area contributed by atoms with Gasteiger partial charge in [-0.1, -0.05) is 6.07 Å². The number of rotatable bonds is 3. The van der Waals surface area contributed by atoms with Crippen LogP contribution in [0.2, 0.25) is 0 Å². The molecule has 1 aromatic heterocycles. The largest absolute Gasteiger partial charge is 0.453 e. The quantitative estimate of drug-likeness (QED) is 0.849. The van der Waals surface area contributed by atoms with Gasteiger partial charge < -0.3 is 15.0 Å². The van der Waals surface area contributed by atoms with Crippen molar-refractivity contribution in [3.63, 3.8) is 0 Å². The zero-order valence-electron chi connectivity index (χ0n) is 15.5. The number of fused-ring (bicyclic) bond motifs is 3. The van der Waals surface area contributed by atoms with E-state index < -0.39 is 0 Å². The lowest BCUT2D eigenvalue weighted by atomic mass is 9.97. The highest BCUT2D eigenvalue weighted by Gasteiger charge is 2.24. The molecule has 0 radical (unpaired) electrons. The third-order valence-corrected chi connectivity index (χ3v) is 6.54. The minimum atomic E-state index is -0.240. The summed E-state index contributed by atoms with van der Waals surface area (Å²) in [7, 11) is 1.42. The summed E-state index contributed by atoms with van der Waals surface area (Å²) in [5.74, 6) is 0.306. The van der Waals surface area contributed by atoms with Gasteiger partial charge in [-0.2, -0.15) is 0 Å². The van der Waals surface area contributed by atoms with Gasteiger partial charge in [-0.05, 0) is 55.7 Å². The van der Waals surface area contributed by atoms with Crippen molar-refractivity contribution >= 4 is 22.6 Å². The molecule has 2 aromatic rings. The fraction of sp³-hybridized carbons (Fsp3) is 0.500. The van der Waals surface area contributed by atoms with Gasteiger partial charge in [0.05, 0.1) is 12.8 Å². The molecule has 0 saturated carbocycles. The maximum absolute atomic E-state index is 13.8. The maximum Gasteiger partial charge on any atom is 0.409 e. The summed E-state index contributed by atoms with van der Waals surface area (Å²) in [6.45, 7) is 2.32. The Hall–Kier alpha value is -2.15. The third-order valence-electron chi connectivity index (χ3n) is 5.46. The van der Waals surface area contributed by atoms with Crippen molar-refractivity contribution in [1.29, 1.82) is 0 Å². The summed E-state index contributed by atoms with van der Waals surface area (Å²) in [6, 6.07) is 5.04. The first-order chi connectivity index (χ1) is 13.1. The Kier molecular flexibility index (Phi) is 5.29. The molecule has 27 heavy (non-hydrogen) atoms. The molecule has 1 amide bonds. The van der Waals surface area contributed by atoms with Crippen LogP contribution in [0.1, 0.15) is 29.7 Å². The molecule has 144 valence electrons. The monoisotopic (exact) mass is 389 g/mol. The molecule has 1 N–H and O–H groups in total. The molecule has 1 saturated heterocycles. The molecule has 2 heterocycles. The van der Waals surface area contributed by atoms with Crippen LogP contribution >= 0.6 is 11.3 Å². The smallest absolute Gasteiger partial charge is 0.409 e. The molecule has 2 aliphatic rings. The summed E-state index contributed by atoms with van der Waals surface area (Å²) in [5.41, 5.74) is 3.07. The lowest BCUT2D eigenvalue weighted by Crippen LogP contribution is -2.39. The van der Waals surface area contributed by atoms with E-state index in [2.05, 4.69) is 5.32 Å². The molecular formula is C20H24FN3O2S. The molecule has 0 spiro atoms. The molecule has 1 fully saturated rings. The molecule has 0 bridgehead atoms. The van der Waals surface area contributed by atoms with Crippen LogP contribution in [0, 0.1) is 11.7 Å². The van der Waals surface area contributed by atoms with Gasteiger partial charge in [-0.3, -0.25) is 0 Å². The van der Waals surface area contributed by atoms with Gasteiger partial charge in [-0.15, -0.1) is 11.3 Å². The van der Waals surface area contributed by atoms with E-state index in [0.29, 0.717) is 5.92 Å². The van der Waals surface area contributed by atoms with E-state index in [0.717, 1.165) is 68.1 Å². The van der Waals surface area contributed by atoms with Crippen molar-refractivity contribution in [3.8, 4) is 11.3 Å². The second-order valence-corrected chi connectivity index (χ2v) is 8.31. The van der Waals surface area contributed by atoms with Crippen molar-refractivity contribution in [1.82, 2.24) is 9.88 Å². The van der Waals surface area contributed by atoms with Crippen LogP contribution in [0.5, 0.6) is 0 Å². The van der Waals surface area contributed by atoms with Gasteiger partial charge in [0.25, 0.3) is 0 Å². The van der Waals surface area contributed by atoms with Crippen molar-refractivity contribution in [2.24, 2.45) is 5.92 Å². The number of aromatic nitrogens is 1. The van der Waals surface area contributed by atoms with Crippen molar-refractivity contribution in [3.05, 3.63) is 34.5 Å². The zero-order chi connectivity index (χ0) is 18.8. The zero-order valence-corrected chi connectivity index (χ0v) is 16.3. The first kappa shape index (κ1) is 18.2. The fourth-order valence-electron chi connectivity index (χ4n) is 3.91. The fourth-order valence-corrected chi connectivity index (χ4v) is 4.94. The van der Waals surface area contributed by atoms with Gasteiger partial charge in [0, 0.05) is 30.1 Å². The van der Waals surface area contributed by atoms with E-state index in [4.69, 9.17) is 9.72 Å². The summed E-state index contributed by atoms with van der Waals surface area (Å²) >= 11 is 1.69. The number of hydrogen-bond acceptors (Lipinski definition) is 5. The predicted octanol–water partition coefficient (Wildman–Crippen LogP) is 4.33. The molecule has 1 aromatic carbocycles. The number of amides is 1. The van der Waals surface area contributed by atoms with Crippen LogP contribution in [0.4, 0.5) is 14.3 Å². The number of nitrogens with one attached hydrogen (secondary N) is 1. The number of carbonyl (C=O) groups excluding carboxylic acids is 1. The van der Waals surface area contributed by atoms with Crippen LogP contribution in [0.15, 0.2) is 18.2 Å². The Morgan fingerprint density at radius 2 is 2.19 bits per heavy atom. The Balaban J connectivity index is 1.41. The number of ether oxygens (including phenoxy) is 1. The normalized spacial score (nSPS) is 17.0. The molecule has 7 heteroatoms. The topological polar surface area (TPSA) is 54.5 Å². The molecule has 5 nitrogen and oxygen atoms in total. The summed E-state index contributed by atoms with van der Waals surface area (Å²) in [5, 5.41) is 4.38. The average molecular weight is 389 g/mol. The number of piperidine rings is 1. The number of methoxy groups -OCH3 is 1. The molecule has 1 aliphatic heterocycles. The number of halogens is 1. The predicted molar refractivity (Wildman–Crippen MR) is 105 cm³/mol. The molecular weight excluding hydrogens is 365 g/mol. The standard InChI is InChI=1S/C20H24FN3O2S/c1-26-20(25)24-9-7-13(8-10-24)12-22-19-23-18-16-11-15(21)6-5-14(16)3-2-4-17(18)27-19/h5-6,11,13H,2-4,7-10,12H2,1H3,(H,22,23). The highest BCUT2D eigenvalue weighted by atomic mass is 32.1. The molecule has 0 atom stereocenters. The van der Waals surface area contributed by atoms with Crippen LogP contribution in [-0.4, -0.2) is 42.7 Å². The van der Waals surface area contributed by atoms with Crippen LogP contribution < -0.4 is 5.32 Å². The summed E-state index contributed by atoms with van der Waals surface area (Å²) in [4.78, 5) is 19.4. The summed E-state index contributed by atoms with van der Waals surface area (Å²) < 4.78 is 18.5. The van der Waals surface area contributed by atoms with E-state index in [9.17, 15) is 9.18 Å². The molecule has 0 unspecified atom stereocenters. The highest BCUT2D eigenvalue weighted by Crippen LogP contribution is 2.37. The van der Waals surface area contributed by atoms with E-state index in [1.807, 2.05) is 6.07 Å². The van der Waals surface area contributed by atoms with Crippen LogP contribution in [0.3, 0.4) is 0 Å². The van der Waals surface area contributed by atoms with Gasteiger partial charge in [-0.25, -0.2) is 14.2 Å². The Bertz CT molecular complexity index is 831. The number of nitrogens with zero attached hydrogens (tertiary/aromatic N) is 2. The van der Waals surface area contributed by atoms with E-state index in [1.54, 1.807) is 22.3 Å². The van der Waals surface area contributed by atoms with Gasteiger partial charge in [0.2, 0.25) is 0 Å². The Morgan fingerprint density at radius 3 is 2.96 bits per heavy atom. The minimum absolute atomic E-state index is 0.207. The lowest BCUT2D eigenvalue weighted by molar-refractivity contribution is 0.107. The van der Waals surface area contributed by atoms with Crippen molar-refractivity contribution in [2.75, 3.05) is 32.1 Å². The third kappa shape index (κ3) is 3.93. The number of aryl methyl sites for hydroxylation is 2. The molecule has 4 rings (SSSR count). The number of likely N-dealkylation sites (tertiary alicyclic amines) is 1. The van der Waals surface area contributed by atoms with E-state index in [1.165, 1.54) is 23.6 Å². The average Bonchev–Trinajstić information content (AvgIpc) is 3.02. The van der Waals surface area contributed by atoms with Gasteiger partial charge in [0.15, 0.2) is 5.13 Å². The van der Waals surface area contributed by atoms with Crippen LogP contribution in [0.25, 0.3) is 11.3 Å². The second kappa shape index (κ2) is 7.84. The second-order valence-electron chi connectivity index (χ2n) is 7.23. The highest BCUT2D eigenvalue weighted by molar-refractivity contribution is 7.16. The lowest BCUT2D eigenvalue weighted by Gasteiger charge is -2.30. The summed E-state index contributed by atoms with van der Waals surface area (Å²) in [6.07, 6.45) is 4.71. The van der Waals surface area contributed by atoms with Crippen LogP contribution in [-0.2, 0) is 17.6 Å². The van der Waals surface area contributed by atoms with Crippen molar-refractivity contribution < 1.29 is 13.9 Å². The molecule has 1 aliphatic carbocycles. The van der Waals surface area contributed by atoms with Crippen molar-refractivity contribution in [2.45, 2.75) is 32.1 Å². The number of hydrogen-bond donors (Lipinski definition) is 1. The van der Waals surface area contributed by atoms with E-state index >= 15 is 0 Å². The minimum Gasteiger partial charge on any atom is -0.453 e. The number of thiazole rings is 1. The van der Waals surface area contributed by atoms with E-state index in [-0.39, 0.29) is 11.9 Å². The van der Waals surface area contributed by atoms with Gasteiger partial charge in [0.1, 0.15) is 5.82 Å². The number of benzene rings is 1.